The molecule has 1 aliphatic rings. The maximum absolute atomic E-state index is 13.1. The Morgan fingerprint density at radius 2 is 1.85 bits per heavy atom. The van der Waals surface area contributed by atoms with Gasteiger partial charge in [-0.25, -0.2) is 14.8 Å². The number of pyridine rings is 1. The van der Waals surface area contributed by atoms with Crippen molar-refractivity contribution in [1.29, 1.82) is 0 Å². The summed E-state index contributed by atoms with van der Waals surface area (Å²) >= 11 is 2.87. The first-order valence-corrected chi connectivity index (χ1v) is 12.9. The van der Waals surface area contributed by atoms with Crippen molar-refractivity contribution in [2.24, 2.45) is 5.92 Å². The largest absolute Gasteiger partial charge is 0.465 e. The number of methoxy groups -OCH3 is 1. The molecule has 0 aliphatic heterocycles. The van der Waals surface area contributed by atoms with Gasteiger partial charge < -0.3 is 4.74 Å². The van der Waals surface area contributed by atoms with Gasteiger partial charge in [-0.3, -0.25) is 9.59 Å². The van der Waals surface area contributed by atoms with Crippen LogP contribution in [-0.4, -0.2) is 34.6 Å². The van der Waals surface area contributed by atoms with Gasteiger partial charge in [-0.2, -0.15) is 0 Å². The molecule has 0 unspecified atom stereocenters. The summed E-state index contributed by atoms with van der Waals surface area (Å²) in [7, 11) is 1.33. The molecule has 4 rings (SSSR count). The fourth-order valence-electron chi connectivity index (χ4n) is 4.13. The number of carbonyl (C=O) groups excluding carboxylic acids is 3. The van der Waals surface area contributed by atoms with Crippen LogP contribution in [0.15, 0.2) is 52.0 Å². The fraction of sp³-hybridized carbons (Fsp3) is 0.346. The standard InChI is InChI=1S/C26H26N2O4S2/c1-16-7-8-18(21(11-16)25(30)17-5-3-4-6-17)12-20(29)13-23-28-15-24(34-23)33-22-10-9-19(14-27-22)26(31)32-2/h7-11,14-15,17H,3-6,12-13H2,1-2H3. The van der Waals surface area contributed by atoms with E-state index < -0.39 is 5.97 Å². The number of thiazole rings is 1. The Labute approximate surface area is 207 Å². The van der Waals surface area contributed by atoms with Crippen molar-refractivity contribution in [1.82, 2.24) is 9.97 Å². The van der Waals surface area contributed by atoms with E-state index in [0.29, 0.717) is 11.1 Å². The predicted octanol–water partition coefficient (Wildman–Crippen LogP) is 5.51. The van der Waals surface area contributed by atoms with Crippen molar-refractivity contribution >= 4 is 40.6 Å². The average Bonchev–Trinajstić information content (AvgIpc) is 3.52. The summed E-state index contributed by atoms with van der Waals surface area (Å²) in [6, 6.07) is 9.23. The van der Waals surface area contributed by atoms with Crippen LogP contribution in [0.1, 0.15) is 62.5 Å². The van der Waals surface area contributed by atoms with Gasteiger partial charge in [0.05, 0.1) is 29.5 Å². The van der Waals surface area contributed by atoms with Gasteiger partial charge in [0.2, 0.25) is 0 Å². The lowest BCUT2D eigenvalue weighted by atomic mass is 9.90. The van der Waals surface area contributed by atoms with Gasteiger partial charge in [0.15, 0.2) is 5.78 Å². The zero-order valence-corrected chi connectivity index (χ0v) is 20.8. The predicted molar refractivity (Wildman–Crippen MR) is 132 cm³/mol. The highest BCUT2D eigenvalue weighted by molar-refractivity contribution is 8.01. The van der Waals surface area contributed by atoms with E-state index >= 15 is 0 Å². The van der Waals surface area contributed by atoms with Gasteiger partial charge in [0, 0.05) is 24.1 Å². The molecule has 6 nitrogen and oxygen atoms in total. The number of rotatable bonds is 9. The first kappa shape index (κ1) is 24.3. The maximum Gasteiger partial charge on any atom is 0.339 e. The molecular weight excluding hydrogens is 468 g/mol. The van der Waals surface area contributed by atoms with Crippen LogP contribution in [0.5, 0.6) is 0 Å². The molecular formula is C26H26N2O4S2. The quantitative estimate of drug-likeness (QED) is 0.286. The van der Waals surface area contributed by atoms with Crippen LogP contribution in [0.2, 0.25) is 0 Å². The normalized spacial score (nSPS) is 13.7. The first-order valence-electron chi connectivity index (χ1n) is 11.3. The zero-order valence-electron chi connectivity index (χ0n) is 19.2. The van der Waals surface area contributed by atoms with Gasteiger partial charge in [0.1, 0.15) is 15.8 Å². The molecule has 8 heteroatoms. The van der Waals surface area contributed by atoms with Crippen molar-refractivity contribution in [2.75, 3.05) is 7.11 Å². The molecule has 0 spiro atoms. The molecule has 3 aromatic rings. The monoisotopic (exact) mass is 494 g/mol. The summed E-state index contributed by atoms with van der Waals surface area (Å²) in [5.74, 6) is -0.118. The molecule has 1 aromatic carbocycles. The Bertz CT molecular complexity index is 1200. The summed E-state index contributed by atoms with van der Waals surface area (Å²) in [5, 5.41) is 1.46. The molecule has 1 fully saturated rings. The van der Waals surface area contributed by atoms with Gasteiger partial charge in [-0.15, -0.1) is 11.3 Å². The Morgan fingerprint density at radius 1 is 1.06 bits per heavy atom. The molecule has 1 aliphatic carbocycles. The minimum Gasteiger partial charge on any atom is -0.465 e. The first-order chi connectivity index (χ1) is 16.4. The van der Waals surface area contributed by atoms with E-state index in [4.69, 9.17) is 0 Å². The number of Topliss-reactive ketones (excluding diaryl/α,β-unsaturated/α-hetero) is 2. The molecule has 2 heterocycles. The zero-order chi connectivity index (χ0) is 24.1. The Morgan fingerprint density at radius 3 is 2.56 bits per heavy atom. The van der Waals surface area contributed by atoms with Gasteiger partial charge >= 0.3 is 5.97 Å². The fourth-order valence-corrected chi connectivity index (χ4v) is 6.07. The number of ether oxygens (including phenoxy) is 1. The third-order valence-electron chi connectivity index (χ3n) is 5.89. The number of aryl methyl sites for hydroxylation is 1. The lowest BCUT2D eigenvalue weighted by Gasteiger charge is -2.13. The number of carbonyl (C=O) groups is 3. The Kier molecular flexibility index (Phi) is 7.90. The smallest absolute Gasteiger partial charge is 0.339 e. The molecule has 0 N–H and O–H groups in total. The number of ketones is 2. The SMILES string of the molecule is COC(=O)c1ccc(Sc2cnc(CC(=O)Cc3ccc(C)cc3C(=O)C3CCCC3)s2)nc1. The molecule has 34 heavy (non-hydrogen) atoms. The molecule has 176 valence electrons. The summed E-state index contributed by atoms with van der Waals surface area (Å²) < 4.78 is 5.60. The van der Waals surface area contributed by atoms with E-state index in [1.807, 2.05) is 25.1 Å². The maximum atomic E-state index is 13.1. The summed E-state index contributed by atoms with van der Waals surface area (Å²) in [6.07, 6.45) is 7.76. The van der Waals surface area contributed by atoms with Crippen molar-refractivity contribution in [3.05, 3.63) is 70.0 Å². The molecule has 0 radical (unpaired) electrons. The third-order valence-corrected chi connectivity index (χ3v) is 7.94. The van der Waals surface area contributed by atoms with Crippen LogP contribution in [0, 0.1) is 12.8 Å². The third kappa shape index (κ3) is 5.98. The number of benzene rings is 1. The van der Waals surface area contributed by atoms with Crippen LogP contribution < -0.4 is 0 Å². The van der Waals surface area contributed by atoms with Crippen molar-refractivity contribution in [3.8, 4) is 0 Å². The van der Waals surface area contributed by atoms with Crippen molar-refractivity contribution in [2.45, 2.75) is 54.7 Å². The van der Waals surface area contributed by atoms with Crippen molar-refractivity contribution in [3.63, 3.8) is 0 Å². The second-order valence-corrected chi connectivity index (χ2v) is 10.9. The van der Waals surface area contributed by atoms with Crippen molar-refractivity contribution < 1.29 is 19.1 Å². The van der Waals surface area contributed by atoms with Crippen LogP contribution in [0.3, 0.4) is 0 Å². The lowest BCUT2D eigenvalue weighted by molar-refractivity contribution is -0.117. The average molecular weight is 495 g/mol. The molecule has 0 atom stereocenters. The molecule has 0 amide bonds. The van der Waals surface area contributed by atoms with Crippen LogP contribution >= 0.6 is 23.1 Å². The van der Waals surface area contributed by atoms with Gasteiger partial charge in [-0.05, 0) is 43.5 Å². The number of nitrogens with zero attached hydrogens (tertiary/aromatic N) is 2. The highest BCUT2D eigenvalue weighted by atomic mass is 32.2. The lowest BCUT2D eigenvalue weighted by Crippen LogP contribution is -2.16. The minimum absolute atomic E-state index is 0.0378. The van der Waals surface area contributed by atoms with E-state index in [2.05, 4.69) is 14.7 Å². The number of esters is 1. The second kappa shape index (κ2) is 11.1. The molecule has 0 bridgehead atoms. The molecule has 2 aromatic heterocycles. The minimum atomic E-state index is -0.427. The Balaban J connectivity index is 1.39. The van der Waals surface area contributed by atoms with E-state index in [0.717, 1.165) is 51.1 Å². The summed E-state index contributed by atoms with van der Waals surface area (Å²) in [4.78, 5) is 46.1. The molecule has 1 saturated carbocycles. The van der Waals surface area contributed by atoms with E-state index in [1.54, 1.807) is 18.3 Å². The number of hydrogen-bond acceptors (Lipinski definition) is 8. The highest BCUT2D eigenvalue weighted by Gasteiger charge is 2.26. The topological polar surface area (TPSA) is 86.2 Å². The summed E-state index contributed by atoms with van der Waals surface area (Å²) in [6.45, 7) is 1.98. The number of hydrogen-bond donors (Lipinski definition) is 0. The van der Waals surface area contributed by atoms with E-state index in [-0.39, 0.29) is 30.3 Å². The second-order valence-electron chi connectivity index (χ2n) is 8.45. The Hall–Kier alpha value is -2.84. The van der Waals surface area contributed by atoms with Crippen LogP contribution in [-0.2, 0) is 22.4 Å². The summed E-state index contributed by atoms with van der Waals surface area (Å²) in [5.41, 5.74) is 2.95. The number of aromatic nitrogens is 2. The van der Waals surface area contributed by atoms with Crippen LogP contribution in [0.4, 0.5) is 0 Å². The highest BCUT2D eigenvalue weighted by Crippen LogP contribution is 2.32. The van der Waals surface area contributed by atoms with Gasteiger partial charge in [0.25, 0.3) is 0 Å². The molecule has 0 saturated heterocycles. The van der Waals surface area contributed by atoms with E-state index in [9.17, 15) is 14.4 Å². The van der Waals surface area contributed by atoms with E-state index in [1.165, 1.54) is 36.4 Å². The van der Waals surface area contributed by atoms with Crippen LogP contribution in [0.25, 0.3) is 0 Å². The van der Waals surface area contributed by atoms with Gasteiger partial charge in [-0.1, -0.05) is 42.3 Å².